The molecule has 0 bridgehead atoms. The van der Waals surface area contributed by atoms with Crippen molar-refractivity contribution in [1.82, 2.24) is 4.90 Å². The highest BCUT2D eigenvalue weighted by Crippen LogP contribution is 2.46. The third kappa shape index (κ3) is 1.78. The minimum Gasteiger partial charge on any atom is -0.387 e. The SMILES string of the molecule is CCC1CC2CN(C(=O)CO)CC2C1C. The van der Waals surface area contributed by atoms with Gasteiger partial charge in [-0.25, -0.2) is 0 Å². The number of hydrogen-bond donors (Lipinski definition) is 1. The summed E-state index contributed by atoms with van der Waals surface area (Å²) in [6.45, 7) is 6.02. The van der Waals surface area contributed by atoms with Crippen molar-refractivity contribution in [2.45, 2.75) is 26.7 Å². The number of nitrogens with zero attached hydrogens (tertiary/aromatic N) is 1. The number of aliphatic hydroxyl groups excluding tert-OH is 1. The quantitative estimate of drug-likeness (QED) is 0.743. The zero-order valence-corrected chi connectivity index (χ0v) is 9.65. The first-order valence-electron chi connectivity index (χ1n) is 6.06. The first kappa shape index (κ1) is 10.9. The molecular weight excluding hydrogens is 190 g/mol. The molecule has 2 rings (SSSR count). The number of carbonyl (C=O) groups is 1. The molecule has 3 heteroatoms. The van der Waals surface area contributed by atoms with E-state index < -0.39 is 0 Å². The number of rotatable bonds is 2. The average molecular weight is 211 g/mol. The van der Waals surface area contributed by atoms with Gasteiger partial charge in [0.05, 0.1) is 0 Å². The van der Waals surface area contributed by atoms with Crippen LogP contribution in [0.3, 0.4) is 0 Å². The van der Waals surface area contributed by atoms with Gasteiger partial charge in [-0.3, -0.25) is 4.79 Å². The summed E-state index contributed by atoms with van der Waals surface area (Å²) < 4.78 is 0. The number of hydrogen-bond acceptors (Lipinski definition) is 2. The van der Waals surface area contributed by atoms with Crippen molar-refractivity contribution in [2.24, 2.45) is 23.7 Å². The van der Waals surface area contributed by atoms with E-state index in [0.29, 0.717) is 11.8 Å². The first-order chi connectivity index (χ1) is 7.17. The summed E-state index contributed by atoms with van der Waals surface area (Å²) >= 11 is 0. The summed E-state index contributed by atoms with van der Waals surface area (Å²) in [7, 11) is 0. The van der Waals surface area contributed by atoms with E-state index in [1.165, 1.54) is 12.8 Å². The molecule has 1 saturated carbocycles. The van der Waals surface area contributed by atoms with Crippen molar-refractivity contribution >= 4 is 5.91 Å². The minimum atomic E-state index is -0.328. The monoisotopic (exact) mass is 211 g/mol. The van der Waals surface area contributed by atoms with Crippen LogP contribution in [0.1, 0.15) is 26.7 Å². The lowest BCUT2D eigenvalue weighted by molar-refractivity contribution is -0.133. The van der Waals surface area contributed by atoms with E-state index in [4.69, 9.17) is 5.11 Å². The third-order valence-corrected chi connectivity index (χ3v) is 4.53. The van der Waals surface area contributed by atoms with Gasteiger partial charge < -0.3 is 10.0 Å². The second-order valence-corrected chi connectivity index (χ2v) is 5.14. The molecule has 0 radical (unpaired) electrons. The Balaban J connectivity index is 1.98. The molecule has 1 amide bonds. The predicted octanol–water partition coefficient (Wildman–Crippen LogP) is 1.12. The Hall–Kier alpha value is -0.570. The van der Waals surface area contributed by atoms with Crippen molar-refractivity contribution in [1.29, 1.82) is 0 Å². The molecule has 4 unspecified atom stereocenters. The largest absolute Gasteiger partial charge is 0.387 e. The summed E-state index contributed by atoms with van der Waals surface area (Å²) in [5.41, 5.74) is 0. The molecule has 1 aliphatic heterocycles. The number of amides is 1. The fraction of sp³-hybridized carbons (Fsp3) is 0.917. The number of fused-ring (bicyclic) bond motifs is 1. The molecule has 4 atom stereocenters. The Morgan fingerprint density at radius 3 is 2.73 bits per heavy atom. The van der Waals surface area contributed by atoms with Crippen LogP contribution >= 0.6 is 0 Å². The van der Waals surface area contributed by atoms with Gasteiger partial charge in [0, 0.05) is 13.1 Å². The van der Waals surface area contributed by atoms with Crippen LogP contribution in [-0.2, 0) is 4.79 Å². The first-order valence-corrected chi connectivity index (χ1v) is 6.06. The molecular formula is C12H21NO2. The molecule has 1 N–H and O–H groups in total. The Morgan fingerprint density at radius 1 is 1.47 bits per heavy atom. The van der Waals surface area contributed by atoms with Crippen LogP contribution in [0.15, 0.2) is 0 Å². The van der Waals surface area contributed by atoms with E-state index in [2.05, 4.69) is 13.8 Å². The highest BCUT2D eigenvalue weighted by Gasteiger charge is 2.45. The standard InChI is InChI=1S/C12H21NO2/c1-3-9-4-10-5-13(12(15)7-14)6-11(10)8(9)2/h8-11,14H,3-7H2,1-2H3. The molecule has 2 aliphatic rings. The van der Waals surface area contributed by atoms with Gasteiger partial charge in [-0.05, 0) is 30.1 Å². The van der Waals surface area contributed by atoms with Gasteiger partial charge >= 0.3 is 0 Å². The number of likely N-dealkylation sites (tertiary alicyclic amines) is 1. The molecule has 0 aromatic rings. The molecule has 86 valence electrons. The molecule has 2 fully saturated rings. The lowest BCUT2D eigenvalue weighted by Crippen LogP contribution is -2.32. The molecule has 0 spiro atoms. The number of carbonyl (C=O) groups excluding carboxylic acids is 1. The predicted molar refractivity (Wildman–Crippen MR) is 58.2 cm³/mol. The summed E-state index contributed by atoms with van der Waals surface area (Å²) in [5.74, 6) is 2.89. The van der Waals surface area contributed by atoms with Crippen molar-refractivity contribution in [3.05, 3.63) is 0 Å². The van der Waals surface area contributed by atoms with Crippen LogP contribution in [0, 0.1) is 23.7 Å². The van der Waals surface area contributed by atoms with Crippen molar-refractivity contribution in [2.75, 3.05) is 19.7 Å². The fourth-order valence-electron chi connectivity index (χ4n) is 3.54. The average Bonchev–Trinajstić information content (AvgIpc) is 2.77. The molecule has 1 saturated heterocycles. The van der Waals surface area contributed by atoms with E-state index in [1.54, 1.807) is 0 Å². The highest BCUT2D eigenvalue weighted by molar-refractivity contribution is 5.77. The zero-order chi connectivity index (χ0) is 11.0. The molecule has 3 nitrogen and oxygen atoms in total. The van der Waals surface area contributed by atoms with Gasteiger partial charge in [0.2, 0.25) is 5.91 Å². The number of aliphatic hydroxyl groups is 1. The van der Waals surface area contributed by atoms with Crippen LogP contribution in [0.2, 0.25) is 0 Å². The highest BCUT2D eigenvalue weighted by atomic mass is 16.3. The second-order valence-electron chi connectivity index (χ2n) is 5.14. The topological polar surface area (TPSA) is 40.5 Å². The van der Waals surface area contributed by atoms with Gasteiger partial charge in [0.15, 0.2) is 0 Å². The van der Waals surface area contributed by atoms with Gasteiger partial charge in [0.25, 0.3) is 0 Å². The zero-order valence-electron chi connectivity index (χ0n) is 9.65. The van der Waals surface area contributed by atoms with Crippen LogP contribution in [0.25, 0.3) is 0 Å². The van der Waals surface area contributed by atoms with E-state index in [-0.39, 0.29) is 12.5 Å². The van der Waals surface area contributed by atoms with Crippen LogP contribution in [0.5, 0.6) is 0 Å². The minimum absolute atomic E-state index is 0.0929. The van der Waals surface area contributed by atoms with Gasteiger partial charge in [-0.2, -0.15) is 0 Å². The smallest absolute Gasteiger partial charge is 0.248 e. The maximum Gasteiger partial charge on any atom is 0.248 e. The maximum atomic E-state index is 11.4. The molecule has 1 aliphatic carbocycles. The normalized spacial score (nSPS) is 39.5. The maximum absolute atomic E-state index is 11.4. The van der Waals surface area contributed by atoms with Crippen LogP contribution < -0.4 is 0 Å². The Morgan fingerprint density at radius 2 is 2.20 bits per heavy atom. The van der Waals surface area contributed by atoms with Crippen molar-refractivity contribution in [3.8, 4) is 0 Å². The van der Waals surface area contributed by atoms with Crippen LogP contribution in [0.4, 0.5) is 0 Å². The Kier molecular flexibility index (Phi) is 3.01. The van der Waals surface area contributed by atoms with Crippen molar-refractivity contribution < 1.29 is 9.90 Å². The lowest BCUT2D eigenvalue weighted by Gasteiger charge is -2.21. The van der Waals surface area contributed by atoms with E-state index >= 15 is 0 Å². The molecule has 0 aromatic carbocycles. The Bertz CT molecular complexity index is 254. The van der Waals surface area contributed by atoms with E-state index in [9.17, 15) is 4.79 Å². The van der Waals surface area contributed by atoms with Gasteiger partial charge in [0.1, 0.15) is 6.61 Å². The Labute approximate surface area is 91.5 Å². The summed E-state index contributed by atoms with van der Waals surface area (Å²) in [6.07, 6.45) is 2.54. The van der Waals surface area contributed by atoms with Crippen LogP contribution in [-0.4, -0.2) is 35.6 Å². The van der Waals surface area contributed by atoms with Crippen molar-refractivity contribution in [3.63, 3.8) is 0 Å². The lowest BCUT2D eigenvalue weighted by atomic mass is 9.89. The fourth-order valence-corrected chi connectivity index (χ4v) is 3.54. The second kappa shape index (κ2) is 4.12. The third-order valence-electron chi connectivity index (χ3n) is 4.53. The molecule has 1 heterocycles. The van der Waals surface area contributed by atoms with Gasteiger partial charge in [-0.15, -0.1) is 0 Å². The molecule has 15 heavy (non-hydrogen) atoms. The van der Waals surface area contributed by atoms with Gasteiger partial charge in [-0.1, -0.05) is 20.3 Å². The van der Waals surface area contributed by atoms with E-state index in [0.717, 1.165) is 24.9 Å². The summed E-state index contributed by atoms with van der Waals surface area (Å²) in [6, 6.07) is 0. The summed E-state index contributed by atoms with van der Waals surface area (Å²) in [5, 5.41) is 8.83. The van der Waals surface area contributed by atoms with E-state index in [1.807, 2.05) is 4.90 Å². The summed E-state index contributed by atoms with van der Waals surface area (Å²) in [4.78, 5) is 13.2. The molecule has 0 aromatic heterocycles.